The summed E-state index contributed by atoms with van der Waals surface area (Å²) in [5.41, 5.74) is 0. The fourth-order valence-corrected chi connectivity index (χ4v) is 8.12. The fraction of sp³-hybridized carbons (Fsp3) is 0.845. The average molecular weight is 899 g/mol. The molecule has 0 aromatic heterocycles. The molecule has 1 atom stereocenters. The molecule has 64 heavy (non-hydrogen) atoms. The van der Waals surface area contributed by atoms with Crippen LogP contribution in [0.5, 0.6) is 0 Å². The Morgan fingerprint density at radius 1 is 0.312 bits per heavy atom. The van der Waals surface area contributed by atoms with E-state index < -0.39 is 6.10 Å². The predicted octanol–water partition coefficient (Wildman–Crippen LogP) is 18.5. The van der Waals surface area contributed by atoms with Gasteiger partial charge in [0.05, 0.1) is 0 Å². The number of allylic oxidation sites excluding steroid dienone is 6. The molecule has 6 heteroatoms. The number of hydrogen-bond acceptors (Lipinski definition) is 6. The number of rotatable bonds is 51. The highest BCUT2D eigenvalue weighted by atomic mass is 16.6. The second kappa shape index (κ2) is 53.2. The fourth-order valence-electron chi connectivity index (χ4n) is 8.12. The van der Waals surface area contributed by atoms with Crippen LogP contribution in [0.1, 0.15) is 297 Å². The van der Waals surface area contributed by atoms with Gasteiger partial charge in [0, 0.05) is 19.3 Å². The summed E-state index contributed by atoms with van der Waals surface area (Å²) in [6.45, 7) is 6.63. The van der Waals surface area contributed by atoms with E-state index in [0.29, 0.717) is 19.3 Å². The van der Waals surface area contributed by atoms with E-state index in [9.17, 15) is 14.4 Å². The third-order valence-electron chi connectivity index (χ3n) is 12.4. The van der Waals surface area contributed by atoms with Crippen molar-refractivity contribution in [3.05, 3.63) is 36.5 Å². The van der Waals surface area contributed by atoms with Gasteiger partial charge in [0.1, 0.15) is 13.2 Å². The van der Waals surface area contributed by atoms with Gasteiger partial charge in [-0.2, -0.15) is 0 Å². The summed E-state index contributed by atoms with van der Waals surface area (Å²) < 4.78 is 16.8. The van der Waals surface area contributed by atoms with Crippen molar-refractivity contribution in [2.45, 2.75) is 303 Å². The highest BCUT2D eigenvalue weighted by Gasteiger charge is 2.19. The Morgan fingerprint density at radius 3 is 0.906 bits per heavy atom. The minimum Gasteiger partial charge on any atom is -0.462 e. The molecule has 0 rings (SSSR count). The van der Waals surface area contributed by atoms with E-state index >= 15 is 0 Å². The molecule has 0 spiro atoms. The van der Waals surface area contributed by atoms with Gasteiger partial charge in [-0.3, -0.25) is 14.4 Å². The molecule has 0 amide bonds. The van der Waals surface area contributed by atoms with Crippen molar-refractivity contribution in [1.82, 2.24) is 0 Å². The Kier molecular flexibility index (Phi) is 51.3. The van der Waals surface area contributed by atoms with Crippen molar-refractivity contribution in [2.24, 2.45) is 0 Å². The molecule has 1 unspecified atom stereocenters. The summed E-state index contributed by atoms with van der Waals surface area (Å²) in [5.74, 6) is -0.885. The van der Waals surface area contributed by atoms with Crippen LogP contribution < -0.4 is 0 Å². The van der Waals surface area contributed by atoms with Gasteiger partial charge < -0.3 is 14.2 Å². The first-order valence-corrected chi connectivity index (χ1v) is 28.0. The normalized spacial score (nSPS) is 12.2. The molecule has 0 aliphatic rings. The summed E-state index contributed by atoms with van der Waals surface area (Å²) in [5, 5.41) is 0. The lowest BCUT2D eigenvalue weighted by Gasteiger charge is -2.18. The van der Waals surface area contributed by atoms with Crippen LogP contribution in [-0.2, 0) is 28.6 Å². The SMILES string of the molecule is CCCCC/C=C\C/C=C\CCCCCCCC(=O)OC(COC(=O)CCCCCCC/C=C\CCCCCCCCC)COC(=O)CCCCCCCCCCCCCCCCC. The molecule has 0 bridgehead atoms. The summed E-state index contributed by atoms with van der Waals surface area (Å²) >= 11 is 0. The van der Waals surface area contributed by atoms with Crippen molar-refractivity contribution >= 4 is 17.9 Å². The molecule has 374 valence electrons. The lowest BCUT2D eigenvalue weighted by molar-refractivity contribution is -0.167. The van der Waals surface area contributed by atoms with Crippen LogP contribution in [0.25, 0.3) is 0 Å². The molecule has 0 aliphatic carbocycles. The van der Waals surface area contributed by atoms with E-state index in [-0.39, 0.29) is 31.1 Å². The highest BCUT2D eigenvalue weighted by molar-refractivity contribution is 5.71. The zero-order valence-corrected chi connectivity index (χ0v) is 42.8. The van der Waals surface area contributed by atoms with Crippen molar-refractivity contribution in [3.63, 3.8) is 0 Å². The smallest absolute Gasteiger partial charge is 0.306 e. The summed E-state index contributed by atoms with van der Waals surface area (Å²) in [6.07, 6.45) is 62.7. The van der Waals surface area contributed by atoms with Crippen LogP contribution in [-0.4, -0.2) is 37.2 Å². The summed E-state index contributed by atoms with van der Waals surface area (Å²) in [6, 6.07) is 0. The lowest BCUT2D eigenvalue weighted by Crippen LogP contribution is -2.30. The van der Waals surface area contributed by atoms with Crippen molar-refractivity contribution in [1.29, 1.82) is 0 Å². The molecule has 0 saturated carbocycles. The molecule has 6 nitrogen and oxygen atoms in total. The van der Waals surface area contributed by atoms with Gasteiger partial charge in [-0.05, 0) is 77.0 Å². The van der Waals surface area contributed by atoms with Gasteiger partial charge in [-0.25, -0.2) is 0 Å². The predicted molar refractivity (Wildman–Crippen MR) is 275 cm³/mol. The van der Waals surface area contributed by atoms with Gasteiger partial charge in [0.15, 0.2) is 6.10 Å². The lowest BCUT2D eigenvalue weighted by atomic mass is 10.0. The van der Waals surface area contributed by atoms with Gasteiger partial charge in [0.2, 0.25) is 0 Å². The van der Waals surface area contributed by atoms with Crippen LogP contribution in [0, 0.1) is 0 Å². The van der Waals surface area contributed by atoms with E-state index in [2.05, 4.69) is 57.2 Å². The minimum atomic E-state index is -0.779. The maximum Gasteiger partial charge on any atom is 0.306 e. The van der Waals surface area contributed by atoms with Crippen molar-refractivity contribution < 1.29 is 28.6 Å². The standard InChI is InChI=1S/C58H106O6/c1-4-7-10-13-16-19-22-25-28-31-33-36-39-42-45-48-51-57(60)63-54-55(64-58(61)52-49-46-43-40-37-34-30-27-24-21-18-15-12-9-6-3)53-62-56(59)50-47-44-41-38-35-32-29-26-23-20-17-14-11-8-5-2/h18,21,27-28,30-31,55H,4-17,19-20,22-26,29,32-54H2,1-3H3/b21-18-,30-27-,31-28-. The van der Waals surface area contributed by atoms with Crippen LogP contribution in [0.2, 0.25) is 0 Å². The monoisotopic (exact) mass is 899 g/mol. The number of esters is 3. The second-order valence-electron chi connectivity index (χ2n) is 18.8. The van der Waals surface area contributed by atoms with Crippen molar-refractivity contribution in [3.8, 4) is 0 Å². The van der Waals surface area contributed by atoms with Crippen molar-refractivity contribution in [2.75, 3.05) is 13.2 Å². The maximum absolute atomic E-state index is 12.8. The van der Waals surface area contributed by atoms with Crippen LogP contribution >= 0.6 is 0 Å². The first-order chi connectivity index (χ1) is 31.5. The van der Waals surface area contributed by atoms with Gasteiger partial charge >= 0.3 is 17.9 Å². The number of hydrogen-bond donors (Lipinski definition) is 0. The quantitative estimate of drug-likeness (QED) is 0.0262. The third kappa shape index (κ3) is 50.6. The van der Waals surface area contributed by atoms with Crippen LogP contribution in [0.3, 0.4) is 0 Å². The maximum atomic E-state index is 12.8. The largest absolute Gasteiger partial charge is 0.462 e. The minimum absolute atomic E-state index is 0.0771. The number of unbranched alkanes of at least 4 members (excludes halogenated alkanes) is 34. The molecule has 0 fully saturated rings. The van der Waals surface area contributed by atoms with Crippen LogP contribution in [0.4, 0.5) is 0 Å². The van der Waals surface area contributed by atoms with E-state index in [1.54, 1.807) is 0 Å². The van der Waals surface area contributed by atoms with E-state index in [4.69, 9.17) is 14.2 Å². The number of ether oxygens (including phenoxy) is 3. The Bertz CT molecular complexity index is 1080. The van der Waals surface area contributed by atoms with E-state index in [1.807, 2.05) is 0 Å². The second-order valence-corrected chi connectivity index (χ2v) is 18.8. The molecule has 0 radical (unpaired) electrons. The van der Waals surface area contributed by atoms with Crippen LogP contribution in [0.15, 0.2) is 36.5 Å². The third-order valence-corrected chi connectivity index (χ3v) is 12.4. The molecule has 0 aromatic carbocycles. The van der Waals surface area contributed by atoms with E-state index in [1.165, 1.54) is 167 Å². The molecule has 0 aromatic rings. The molecule has 0 aliphatic heterocycles. The first kappa shape index (κ1) is 61.6. The Balaban J connectivity index is 4.38. The number of carbonyl (C=O) groups excluding carboxylic acids is 3. The molecule has 0 heterocycles. The van der Waals surface area contributed by atoms with Gasteiger partial charge in [0.25, 0.3) is 0 Å². The molecular formula is C58H106O6. The first-order valence-electron chi connectivity index (χ1n) is 28.0. The summed E-state index contributed by atoms with van der Waals surface area (Å²) in [7, 11) is 0. The Hall–Kier alpha value is -2.37. The number of carbonyl (C=O) groups is 3. The Labute approximate surface area is 397 Å². The topological polar surface area (TPSA) is 78.9 Å². The molecular weight excluding hydrogens is 793 g/mol. The molecule has 0 N–H and O–H groups in total. The average Bonchev–Trinajstić information content (AvgIpc) is 3.29. The zero-order chi connectivity index (χ0) is 46.5. The molecule has 0 saturated heterocycles. The highest BCUT2D eigenvalue weighted by Crippen LogP contribution is 2.16. The van der Waals surface area contributed by atoms with Gasteiger partial charge in [-0.15, -0.1) is 0 Å². The van der Waals surface area contributed by atoms with Gasteiger partial charge in [-0.1, -0.05) is 237 Å². The summed E-state index contributed by atoms with van der Waals surface area (Å²) in [4.78, 5) is 38.1. The Morgan fingerprint density at radius 2 is 0.562 bits per heavy atom. The zero-order valence-electron chi connectivity index (χ0n) is 42.8. The van der Waals surface area contributed by atoms with E-state index in [0.717, 1.165) is 89.9 Å².